The predicted molar refractivity (Wildman–Crippen MR) is 185 cm³/mol. The van der Waals surface area contributed by atoms with E-state index < -0.39 is 11.5 Å². The van der Waals surface area contributed by atoms with E-state index in [9.17, 15) is 4.79 Å². The number of hydrogen-bond donors (Lipinski definition) is 6. The minimum absolute atomic E-state index is 0.0219. The fraction of sp³-hybridized carbons (Fsp3) is 0.303. The van der Waals surface area contributed by atoms with E-state index in [1.807, 2.05) is 31.2 Å². The summed E-state index contributed by atoms with van der Waals surface area (Å²) >= 11 is 6.26. The molecular weight excluding hydrogens is 621 g/mol. The third-order valence-electron chi connectivity index (χ3n) is 7.66. The fourth-order valence-electron chi connectivity index (χ4n) is 5.21. The summed E-state index contributed by atoms with van der Waals surface area (Å²) in [4.78, 5) is 32.9. The van der Waals surface area contributed by atoms with Crippen molar-refractivity contribution in [2.45, 2.75) is 51.2 Å². The van der Waals surface area contributed by atoms with E-state index in [0.29, 0.717) is 60.0 Å². The molecule has 0 amide bonds. The zero-order chi connectivity index (χ0) is 33.3. The molecule has 0 fully saturated rings. The van der Waals surface area contributed by atoms with Crippen LogP contribution in [0, 0.1) is 5.82 Å². The van der Waals surface area contributed by atoms with Crippen molar-refractivity contribution in [1.82, 2.24) is 29.8 Å². The first kappa shape index (κ1) is 33.5. The summed E-state index contributed by atoms with van der Waals surface area (Å²) in [6.07, 6.45) is 8.17. The summed E-state index contributed by atoms with van der Waals surface area (Å²) in [5.41, 5.74) is 20.2. The molecule has 5 rings (SSSR count). The smallest absolute Gasteiger partial charge is 0.354 e. The third-order valence-corrected chi connectivity index (χ3v) is 7.94. The summed E-state index contributed by atoms with van der Waals surface area (Å²) in [6.45, 7) is 3.56. The zero-order valence-corrected chi connectivity index (χ0v) is 26.8. The highest BCUT2D eigenvalue weighted by atomic mass is 35.5. The Hall–Kier alpha value is -4.85. The Labute approximate surface area is 276 Å². The molecule has 3 aromatic heterocycles. The number of benzene rings is 2. The molecule has 0 radical (unpaired) electrons. The maximum absolute atomic E-state index is 15.1. The van der Waals surface area contributed by atoms with Crippen molar-refractivity contribution in [2.24, 2.45) is 22.2 Å². The minimum Gasteiger partial charge on any atom is -0.370 e. The average molecular weight is 660 g/mol. The van der Waals surface area contributed by atoms with Crippen molar-refractivity contribution < 1.29 is 4.39 Å². The Morgan fingerprint density at radius 3 is 2.60 bits per heavy atom. The number of H-pyrrole nitrogens is 1. The molecule has 14 heteroatoms. The van der Waals surface area contributed by atoms with E-state index in [0.717, 1.165) is 30.4 Å². The van der Waals surface area contributed by atoms with Gasteiger partial charge in [-0.3, -0.25) is 9.56 Å². The van der Waals surface area contributed by atoms with E-state index in [1.54, 1.807) is 42.9 Å². The van der Waals surface area contributed by atoms with Gasteiger partial charge in [0.15, 0.2) is 11.8 Å². The number of aromatic nitrogens is 5. The number of nitrogens with one attached hydrogen (secondary N) is 3. The van der Waals surface area contributed by atoms with Crippen LogP contribution in [0.3, 0.4) is 0 Å². The molecule has 0 spiro atoms. The van der Waals surface area contributed by atoms with Crippen molar-refractivity contribution in [1.29, 1.82) is 0 Å². The quantitative estimate of drug-likeness (QED) is 0.0715. The highest BCUT2D eigenvalue weighted by Gasteiger charge is 2.16. The molecule has 0 bridgehead atoms. The average Bonchev–Trinajstić information content (AvgIpc) is 3.46. The van der Waals surface area contributed by atoms with Gasteiger partial charge in [-0.1, -0.05) is 23.7 Å². The van der Waals surface area contributed by atoms with Crippen LogP contribution >= 0.6 is 11.6 Å². The number of aliphatic imine (C=N–C) groups is 1. The second-order valence-corrected chi connectivity index (χ2v) is 11.9. The van der Waals surface area contributed by atoms with E-state index >= 15 is 4.39 Å². The van der Waals surface area contributed by atoms with Gasteiger partial charge in [0.05, 0.1) is 16.4 Å². The molecule has 12 nitrogen and oxygen atoms in total. The molecule has 0 aliphatic rings. The van der Waals surface area contributed by atoms with Crippen LogP contribution in [0.15, 0.2) is 76.9 Å². The molecule has 5 aromatic rings. The highest BCUT2D eigenvalue weighted by Crippen LogP contribution is 2.31. The largest absolute Gasteiger partial charge is 0.370 e. The number of fused-ring (bicyclic) bond motifs is 1. The van der Waals surface area contributed by atoms with Gasteiger partial charge >= 0.3 is 5.69 Å². The first-order valence-electron chi connectivity index (χ1n) is 15.4. The SMILES string of the molecule is CC(N)CCCc1cc(Cl)c(F)c(-c2cc3cn(-c4ccc(CNC(CCN=C(N)N)CNc5ncccn5)cc4)c(=O)nc3[nH]2)c1. The van der Waals surface area contributed by atoms with Gasteiger partial charge in [0.25, 0.3) is 0 Å². The summed E-state index contributed by atoms with van der Waals surface area (Å²) in [7, 11) is 0. The molecule has 0 aliphatic heterocycles. The maximum atomic E-state index is 15.1. The Balaban J connectivity index is 1.29. The first-order valence-corrected chi connectivity index (χ1v) is 15.8. The van der Waals surface area contributed by atoms with E-state index in [1.165, 1.54) is 4.57 Å². The molecule has 3 heterocycles. The van der Waals surface area contributed by atoms with Gasteiger partial charge in [-0.2, -0.15) is 4.98 Å². The van der Waals surface area contributed by atoms with Crippen LogP contribution in [0.4, 0.5) is 10.3 Å². The van der Waals surface area contributed by atoms with Crippen LogP contribution in [-0.4, -0.2) is 55.6 Å². The number of halogens is 2. The molecule has 0 saturated heterocycles. The van der Waals surface area contributed by atoms with Crippen LogP contribution in [0.2, 0.25) is 5.02 Å². The number of rotatable bonds is 15. The van der Waals surface area contributed by atoms with Gasteiger partial charge in [0.2, 0.25) is 5.95 Å². The molecule has 2 aromatic carbocycles. The minimum atomic E-state index is -0.531. The summed E-state index contributed by atoms with van der Waals surface area (Å²) in [6, 6.07) is 14.7. The number of aromatic amines is 1. The van der Waals surface area contributed by atoms with Crippen LogP contribution in [-0.2, 0) is 13.0 Å². The monoisotopic (exact) mass is 659 g/mol. The van der Waals surface area contributed by atoms with Gasteiger partial charge in [-0.05, 0) is 80.1 Å². The predicted octanol–water partition coefficient (Wildman–Crippen LogP) is 3.87. The van der Waals surface area contributed by atoms with Gasteiger partial charge in [-0.15, -0.1) is 0 Å². The van der Waals surface area contributed by atoms with Crippen molar-refractivity contribution in [3.05, 3.63) is 99.6 Å². The Morgan fingerprint density at radius 2 is 1.87 bits per heavy atom. The summed E-state index contributed by atoms with van der Waals surface area (Å²) in [5, 5.41) is 7.45. The fourth-order valence-corrected chi connectivity index (χ4v) is 5.45. The number of guanidine groups is 1. The Kier molecular flexibility index (Phi) is 11.1. The van der Waals surface area contributed by atoms with Gasteiger partial charge in [-0.25, -0.2) is 19.2 Å². The van der Waals surface area contributed by atoms with Crippen LogP contribution < -0.4 is 33.5 Å². The van der Waals surface area contributed by atoms with E-state index in [4.69, 9.17) is 28.8 Å². The van der Waals surface area contributed by atoms with E-state index in [2.05, 4.69) is 35.6 Å². The molecule has 0 saturated carbocycles. The lowest BCUT2D eigenvalue weighted by molar-refractivity contribution is 0.502. The van der Waals surface area contributed by atoms with Gasteiger partial charge < -0.3 is 32.8 Å². The van der Waals surface area contributed by atoms with Crippen molar-refractivity contribution in [2.75, 3.05) is 18.4 Å². The number of hydrogen-bond acceptors (Lipinski definition) is 8. The number of nitrogens with zero attached hydrogens (tertiary/aromatic N) is 5. The normalized spacial score (nSPS) is 12.6. The molecule has 47 heavy (non-hydrogen) atoms. The van der Waals surface area contributed by atoms with Gasteiger partial charge in [0, 0.05) is 61.3 Å². The lowest BCUT2D eigenvalue weighted by atomic mass is 10.0. The topological polar surface area (TPSA) is 191 Å². The standard InChI is InChI=1S/C33H39ClFN11O/c1-20(36)4-2-5-22-14-26(29(35)27(34)15-22)28-16-23-19-46(33(47)45-30(23)44-28)25-8-6-21(7-9-25)17-42-24(10-13-39-31(37)38)18-43-32-40-11-3-12-41-32/h3,6-9,11-12,14-16,19-20,24,42H,2,4-5,10,13,17-18,36H2,1H3,(H4,37,38,39)(H,40,41,43)(H,44,45,47). The first-order chi connectivity index (χ1) is 22.7. The van der Waals surface area contributed by atoms with Crippen LogP contribution in [0.1, 0.15) is 37.3 Å². The Bertz CT molecular complexity index is 1870. The lowest BCUT2D eigenvalue weighted by Crippen LogP contribution is -2.36. The second kappa shape index (κ2) is 15.6. The molecule has 9 N–H and O–H groups in total. The number of anilines is 1. The van der Waals surface area contributed by atoms with Crippen LogP contribution in [0.5, 0.6) is 0 Å². The zero-order valence-electron chi connectivity index (χ0n) is 26.1. The molecule has 0 aliphatic carbocycles. The molecule has 2 unspecified atom stereocenters. The van der Waals surface area contributed by atoms with Gasteiger partial charge in [0.1, 0.15) is 5.65 Å². The second-order valence-electron chi connectivity index (χ2n) is 11.5. The number of aryl methyl sites for hydroxylation is 1. The highest BCUT2D eigenvalue weighted by molar-refractivity contribution is 6.31. The molecule has 246 valence electrons. The van der Waals surface area contributed by atoms with Crippen molar-refractivity contribution >= 4 is 34.5 Å². The summed E-state index contributed by atoms with van der Waals surface area (Å²) < 4.78 is 16.6. The Morgan fingerprint density at radius 1 is 1.11 bits per heavy atom. The maximum Gasteiger partial charge on any atom is 0.354 e. The molecule has 2 atom stereocenters. The van der Waals surface area contributed by atoms with Crippen molar-refractivity contribution in [3.8, 4) is 16.9 Å². The van der Waals surface area contributed by atoms with E-state index in [-0.39, 0.29) is 23.1 Å². The summed E-state index contributed by atoms with van der Waals surface area (Å²) in [5.74, 6) is 0.0507. The number of nitrogens with two attached hydrogens (primary N) is 3. The third kappa shape index (κ3) is 9.12. The lowest BCUT2D eigenvalue weighted by Gasteiger charge is -2.19. The van der Waals surface area contributed by atoms with Crippen molar-refractivity contribution in [3.63, 3.8) is 0 Å². The molecular formula is C33H39ClFN11O. The van der Waals surface area contributed by atoms with Crippen LogP contribution in [0.25, 0.3) is 28.0 Å².